The molecular formula is C25H32ClN5O4. The first kappa shape index (κ1) is 26.4. The van der Waals surface area contributed by atoms with E-state index in [1.807, 2.05) is 26.0 Å². The summed E-state index contributed by atoms with van der Waals surface area (Å²) in [6, 6.07) is 7.51. The maximum atomic E-state index is 12.6. The van der Waals surface area contributed by atoms with Gasteiger partial charge in [-0.3, -0.25) is 14.4 Å². The summed E-state index contributed by atoms with van der Waals surface area (Å²) in [6.45, 7) is 3.68. The number of nitrogens with one attached hydrogen (secondary N) is 2. The number of hydrogen-bond acceptors (Lipinski definition) is 6. The number of carboxylic acids is 1. The van der Waals surface area contributed by atoms with E-state index >= 15 is 0 Å². The molecule has 1 heterocycles. The lowest BCUT2D eigenvalue weighted by Gasteiger charge is -2.22. The lowest BCUT2D eigenvalue weighted by Crippen LogP contribution is -2.40. The van der Waals surface area contributed by atoms with Gasteiger partial charge >= 0.3 is 5.97 Å². The van der Waals surface area contributed by atoms with Crippen LogP contribution in [0, 0.1) is 5.92 Å². The molecule has 0 radical (unpaired) electrons. The lowest BCUT2D eigenvalue weighted by atomic mass is 10.1. The molecule has 1 aliphatic rings. The number of carbonyl (C=O) groups is 3. The molecule has 1 aromatic carbocycles. The summed E-state index contributed by atoms with van der Waals surface area (Å²) in [5.41, 5.74) is 1.85. The fraction of sp³-hybridized carbons (Fsp3) is 0.480. The fourth-order valence-corrected chi connectivity index (χ4v) is 4.24. The van der Waals surface area contributed by atoms with Gasteiger partial charge in [0, 0.05) is 36.7 Å². The molecular weight excluding hydrogens is 470 g/mol. The Morgan fingerprint density at radius 2 is 1.80 bits per heavy atom. The first-order valence-corrected chi connectivity index (χ1v) is 12.2. The van der Waals surface area contributed by atoms with Gasteiger partial charge in [0.1, 0.15) is 16.8 Å². The largest absolute Gasteiger partial charge is 0.481 e. The predicted molar refractivity (Wildman–Crippen MR) is 135 cm³/mol. The van der Waals surface area contributed by atoms with Crippen LogP contribution in [0.3, 0.4) is 0 Å². The number of aromatic nitrogens is 2. The Morgan fingerprint density at radius 1 is 1.14 bits per heavy atom. The molecule has 0 aliphatic heterocycles. The van der Waals surface area contributed by atoms with Gasteiger partial charge < -0.3 is 20.6 Å². The quantitative estimate of drug-likeness (QED) is 0.426. The van der Waals surface area contributed by atoms with Gasteiger partial charge in [0.15, 0.2) is 0 Å². The summed E-state index contributed by atoms with van der Waals surface area (Å²) in [7, 11) is 1.69. The van der Waals surface area contributed by atoms with Gasteiger partial charge in [0.25, 0.3) is 0 Å². The summed E-state index contributed by atoms with van der Waals surface area (Å²) in [5.74, 6) is -0.661. The molecule has 0 saturated heterocycles. The molecule has 1 aliphatic carbocycles. The van der Waals surface area contributed by atoms with Crippen molar-refractivity contribution in [3.63, 3.8) is 0 Å². The molecule has 0 spiro atoms. The normalized spacial score (nSPS) is 13.6. The molecule has 2 aromatic rings. The summed E-state index contributed by atoms with van der Waals surface area (Å²) in [4.78, 5) is 46.4. The van der Waals surface area contributed by atoms with Gasteiger partial charge in [0.2, 0.25) is 11.8 Å². The maximum absolute atomic E-state index is 12.6. The number of carbonyl (C=O) groups excluding carboxylic acids is 2. The van der Waals surface area contributed by atoms with Crippen molar-refractivity contribution in [2.24, 2.45) is 5.92 Å². The average molecular weight is 502 g/mol. The van der Waals surface area contributed by atoms with E-state index in [1.165, 1.54) is 0 Å². The van der Waals surface area contributed by atoms with Crippen molar-refractivity contribution >= 4 is 40.9 Å². The molecule has 0 bridgehead atoms. The lowest BCUT2D eigenvalue weighted by molar-refractivity contribution is -0.136. The van der Waals surface area contributed by atoms with Crippen LogP contribution in [0.2, 0.25) is 5.15 Å². The van der Waals surface area contributed by atoms with Crippen molar-refractivity contribution in [1.82, 2.24) is 15.3 Å². The highest BCUT2D eigenvalue weighted by atomic mass is 35.5. The minimum absolute atomic E-state index is 0.0279. The molecule has 0 atom stereocenters. The number of aliphatic carboxylic acids is 1. The number of anilines is 2. The van der Waals surface area contributed by atoms with Crippen LogP contribution in [-0.4, -0.2) is 52.5 Å². The number of likely N-dealkylation sites (N-methyl/N-ethyl adjacent to an activating group) is 1. The number of nitrogens with zero attached hydrogens (tertiary/aromatic N) is 3. The van der Waals surface area contributed by atoms with Crippen LogP contribution in [-0.2, 0) is 27.2 Å². The van der Waals surface area contributed by atoms with Gasteiger partial charge in [-0.2, -0.15) is 0 Å². The van der Waals surface area contributed by atoms with Crippen molar-refractivity contribution in [3.05, 3.63) is 46.4 Å². The second-order valence-corrected chi connectivity index (χ2v) is 9.58. The maximum Gasteiger partial charge on any atom is 0.308 e. The molecule has 188 valence electrons. The van der Waals surface area contributed by atoms with Crippen LogP contribution in [0.5, 0.6) is 0 Å². The average Bonchev–Trinajstić information content (AvgIpc) is 3.29. The molecule has 2 amide bonds. The van der Waals surface area contributed by atoms with Gasteiger partial charge in [-0.05, 0) is 30.5 Å². The molecule has 1 aromatic heterocycles. The number of hydrogen-bond donors (Lipinski definition) is 3. The Bertz CT molecular complexity index is 1070. The Kier molecular flexibility index (Phi) is 9.03. The third kappa shape index (κ3) is 7.65. The first-order chi connectivity index (χ1) is 16.6. The van der Waals surface area contributed by atoms with E-state index in [1.54, 1.807) is 24.1 Å². The molecule has 3 N–H and O–H groups in total. The zero-order chi connectivity index (χ0) is 25.5. The SMILES string of the molecule is CC(C)C(=O)Nc1ccc(Cc2nc(Cl)c(CC(=O)O)c(N(C)CC(=O)NC3CCCC3)n2)cc1. The third-order valence-corrected chi connectivity index (χ3v) is 6.19. The number of halogens is 1. The molecule has 10 heteroatoms. The Labute approximate surface area is 210 Å². The summed E-state index contributed by atoms with van der Waals surface area (Å²) in [6.07, 6.45) is 4.17. The molecule has 9 nitrogen and oxygen atoms in total. The smallest absolute Gasteiger partial charge is 0.308 e. The van der Waals surface area contributed by atoms with Crippen LogP contribution in [0.1, 0.15) is 56.5 Å². The van der Waals surface area contributed by atoms with E-state index in [4.69, 9.17) is 11.6 Å². The molecule has 1 saturated carbocycles. The number of rotatable bonds is 10. The Morgan fingerprint density at radius 3 is 2.40 bits per heavy atom. The Balaban J connectivity index is 1.77. The van der Waals surface area contributed by atoms with Crippen molar-refractivity contribution in [3.8, 4) is 0 Å². The van der Waals surface area contributed by atoms with E-state index in [9.17, 15) is 19.5 Å². The predicted octanol–water partition coefficient (Wildman–Crippen LogP) is 3.44. The van der Waals surface area contributed by atoms with Gasteiger partial charge in [-0.1, -0.05) is 50.4 Å². The topological polar surface area (TPSA) is 125 Å². The monoisotopic (exact) mass is 501 g/mol. The highest BCUT2D eigenvalue weighted by Crippen LogP contribution is 2.26. The fourth-order valence-electron chi connectivity index (χ4n) is 3.99. The van der Waals surface area contributed by atoms with Gasteiger partial charge in [-0.25, -0.2) is 9.97 Å². The van der Waals surface area contributed by atoms with E-state index in [-0.39, 0.29) is 47.5 Å². The second kappa shape index (κ2) is 12.0. The zero-order valence-electron chi connectivity index (χ0n) is 20.3. The highest BCUT2D eigenvalue weighted by molar-refractivity contribution is 6.30. The second-order valence-electron chi connectivity index (χ2n) is 9.23. The minimum atomic E-state index is -1.06. The Hall–Kier alpha value is -3.20. The van der Waals surface area contributed by atoms with Crippen molar-refractivity contribution < 1.29 is 19.5 Å². The van der Waals surface area contributed by atoms with Crippen molar-refractivity contribution in [1.29, 1.82) is 0 Å². The van der Waals surface area contributed by atoms with Crippen LogP contribution >= 0.6 is 11.6 Å². The van der Waals surface area contributed by atoms with Gasteiger partial charge in [0.05, 0.1) is 13.0 Å². The first-order valence-electron chi connectivity index (χ1n) is 11.8. The van der Waals surface area contributed by atoms with E-state index < -0.39 is 5.97 Å². The van der Waals surface area contributed by atoms with Crippen molar-refractivity contribution in [2.75, 3.05) is 23.8 Å². The zero-order valence-corrected chi connectivity index (χ0v) is 21.1. The van der Waals surface area contributed by atoms with E-state index in [0.717, 1.165) is 31.2 Å². The van der Waals surface area contributed by atoms with Crippen LogP contribution in [0.15, 0.2) is 24.3 Å². The summed E-state index contributed by atoms with van der Waals surface area (Å²) >= 11 is 6.39. The molecule has 3 rings (SSSR count). The molecule has 1 fully saturated rings. The number of carboxylic acid groups (broad SMARTS) is 1. The van der Waals surface area contributed by atoms with E-state index in [0.29, 0.717) is 23.8 Å². The molecule has 0 unspecified atom stereocenters. The van der Waals surface area contributed by atoms with Crippen molar-refractivity contribution in [2.45, 2.75) is 58.4 Å². The summed E-state index contributed by atoms with van der Waals surface area (Å²) < 4.78 is 0. The minimum Gasteiger partial charge on any atom is -0.481 e. The third-order valence-electron chi connectivity index (χ3n) is 5.88. The number of amides is 2. The van der Waals surface area contributed by atoms with Crippen LogP contribution in [0.4, 0.5) is 11.5 Å². The summed E-state index contributed by atoms with van der Waals surface area (Å²) in [5, 5.41) is 15.3. The van der Waals surface area contributed by atoms with Crippen LogP contribution < -0.4 is 15.5 Å². The van der Waals surface area contributed by atoms with E-state index in [2.05, 4.69) is 20.6 Å². The van der Waals surface area contributed by atoms with Crippen LogP contribution in [0.25, 0.3) is 0 Å². The number of benzene rings is 1. The molecule has 35 heavy (non-hydrogen) atoms. The van der Waals surface area contributed by atoms with Gasteiger partial charge in [-0.15, -0.1) is 0 Å². The highest BCUT2D eigenvalue weighted by Gasteiger charge is 2.22. The standard InChI is InChI=1S/C25H32ClN5O4/c1-15(2)25(35)28-18-10-8-16(9-11-18)12-20-29-23(26)19(13-22(33)34)24(30-20)31(3)14-21(32)27-17-6-4-5-7-17/h8-11,15,17H,4-7,12-14H2,1-3H3,(H,27,32)(H,28,35)(H,33,34).